The summed E-state index contributed by atoms with van der Waals surface area (Å²) in [6.45, 7) is 1.74. The Kier molecular flexibility index (Phi) is 18.7. The molecular weight excluding hydrogens is 358 g/mol. The molecule has 0 fully saturated rings. The lowest BCUT2D eigenvalue weighted by atomic mass is 10.0. The van der Waals surface area contributed by atoms with Gasteiger partial charge in [0.05, 0.1) is 26.4 Å². The van der Waals surface area contributed by atoms with Crippen LogP contribution < -0.4 is 5.73 Å². The quantitative estimate of drug-likeness (QED) is 0.154. The number of aliphatic hydroxyl groups is 2. The van der Waals surface area contributed by atoms with Gasteiger partial charge in [0.2, 0.25) is 5.79 Å². The van der Waals surface area contributed by atoms with Crippen LogP contribution >= 0.6 is 0 Å². The number of amides is 1. The molecule has 0 bridgehead atoms. The third-order valence-corrected chi connectivity index (χ3v) is 4.75. The van der Waals surface area contributed by atoms with Gasteiger partial charge in [0.1, 0.15) is 0 Å². The number of rotatable bonds is 21. The largest absolute Gasteiger partial charge is 0.394 e. The van der Waals surface area contributed by atoms with E-state index in [1.54, 1.807) is 0 Å². The zero-order valence-corrected chi connectivity index (χ0v) is 17.9. The van der Waals surface area contributed by atoms with E-state index in [2.05, 4.69) is 19.1 Å². The van der Waals surface area contributed by atoms with Crippen molar-refractivity contribution in [2.45, 2.75) is 96.2 Å². The van der Waals surface area contributed by atoms with E-state index in [-0.39, 0.29) is 26.4 Å². The molecule has 0 rings (SSSR count). The van der Waals surface area contributed by atoms with Gasteiger partial charge < -0.3 is 25.4 Å². The van der Waals surface area contributed by atoms with Crippen LogP contribution in [0.5, 0.6) is 0 Å². The summed E-state index contributed by atoms with van der Waals surface area (Å²) in [6.07, 6.45) is 19.0. The number of carbonyl (C=O) groups excluding carboxylic acids is 1. The molecule has 0 aliphatic heterocycles. The van der Waals surface area contributed by atoms with Crippen molar-refractivity contribution in [1.29, 1.82) is 0 Å². The summed E-state index contributed by atoms with van der Waals surface area (Å²) in [4.78, 5) is 11.8. The Hall–Kier alpha value is -0.950. The lowest BCUT2D eigenvalue weighted by Crippen LogP contribution is -2.49. The monoisotopic (exact) mass is 401 g/mol. The first-order valence-electron chi connectivity index (χ1n) is 11.1. The van der Waals surface area contributed by atoms with Gasteiger partial charge in [0.25, 0.3) is 5.91 Å². The Morgan fingerprint density at radius 3 is 1.75 bits per heavy atom. The van der Waals surface area contributed by atoms with Gasteiger partial charge in [-0.05, 0) is 32.1 Å². The van der Waals surface area contributed by atoms with Crippen molar-refractivity contribution >= 4 is 5.91 Å². The van der Waals surface area contributed by atoms with E-state index in [0.29, 0.717) is 6.42 Å². The van der Waals surface area contributed by atoms with E-state index in [0.717, 1.165) is 32.1 Å². The van der Waals surface area contributed by atoms with Gasteiger partial charge in [0.15, 0.2) is 0 Å². The van der Waals surface area contributed by atoms with Crippen LogP contribution in [0.2, 0.25) is 0 Å². The van der Waals surface area contributed by atoms with Crippen molar-refractivity contribution in [3.8, 4) is 0 Å². The maximum Gasteiger partial charge on any atom is 0.277 e. The van der Waals surface area contributed by atoms with Crippen molar-refractivity contribution < 1.29 is 24.5 Å². The number of hydrogen-bond donors (Lipinski definition) is 3. The highest BCUT2D eigenvalue weighted by Crippen LogP contribution is 2.22. The number of hydrogen-bond acceptors (Lipinski definition) is 5. The maximum atomic E-state index is 11.8. The number of carbonyl (C=O) groups is 1. The van der Waals surface area contributed by atoms with E-state index in [9.17, 15) is 4.79 Å². The Labute approximate surface area is 171 Å². The zero-order valence-electron chi connectivity index (χ0n) is 17.9. The molecule has 0 unspecified atom stereocenters. The van der Waals surface area contributed by atoms with E-state index in [1.165, 1.54) is 44.9 Å². The number of nitrogens with two attached hydrogens (primary N) is 1. The van der Waals surface area contributed by atoms with Crippen molar-refractivity contribution in [1.82, 2.24) is 0 Å². The van der Waals surface area contributed by atoms with Crippen LogP contribution in [0, 0.1) is 0 Å². The molecule has 0 saturated carbocycles. The second kappa shape index (κ2) is 19.4. The molecule has 28 heavy (non-hydrogen) atoms. The second-order valence-electron chi connectivity index (χ2n) is 7.24. The smallest absolute Gasteiger partial charge is 0.277 e. The van der Waals surface area contributed by atoms with Crippen molar-refractivity contribution in [2.24, 2.45) is 5.73 Å². The highest BCUT2D eigenvalue weighted by molar-refractivity contribution is 5.81. The number of primary amides is 1. The van der Waals surface area contributed by atoms with Gasteiger partial charge in [-0.25, -0.2) is 0 Å². The molecule has 0 saturated heterocycles. The molecule has 0 aromatic rings. The number of ether oxygens (including phenoxy) is 2. The lowest BCUT2D eigenvalue weighted by molar-refractivity contribution is -0.236. The highest BCUT2D eigenvalue weighted by atomic mass is 16.7. The fourth-order valence-electron chi connectivity index (χ4n) is 3.12. The molecule has 4 N–H and O–H groups in total. The first-order valence-corrected chi connectivity index (χ1v) is 11.1. The molecule has 0 aromatic heterocycles. The third kappa shape index (κ3) is 14.1. The topological polar surface area (TPSA) is 102 Å². The molecule has 0 aliphatic carbocycles. The van der Waals surface area contributed by atoms with Gasteiger partial charge in [-0.15, -0.1) is 0 Å². The van der Waals surface area contributed by atoms with Gasteiger partial charge >= 0.3 is 0 Å². The fraction of sp³-hybridized carbons (Fsp3) is 0.864. The Balaban J connectivity index is 3.86. The summed E-state index contributed by atoms with van der Waals surface area (Å²) in [5.74, 6) is -2.27. The normalized spacial score (nSPS) is 12.1. The predicted molar refractivity (Wildman–Crippen MR) is 113 cm³/mol. The van der Waals surface area contributed by atoms with Crippen molar-refractivity contribution in [2.75, 3.05) is 26.4 Å². The van der Waals surface area contributed by atoms with Crippen LogP contribution in [-0.2, 0) is 14.3 Å². The van der Waals surface area contributed by atoms with E-state index >= 15 is 0 Å². The summed E-state index contributed by atoms with van der Waals surface area (Å²) in [5, 5.41) is 17.9. The first kappa shape index (κ1) is 27.0. The third-order valence-electron chi connectivity index (χ3n) is 4.75. The number of allylic oxidation sites excluding steroid dienone is 2. The van der Waals surface area contributed by atoms with Gasteiger partial charge in [-0.2, -0.15) is 0 Å². The summed E-state index contributed by atoms with van der Waals surface area (Å²) in [7, 11) is 0. The Bertz CT molecular complexity index is 379. The molecule has 0 heterocycles. The predicted octanol–water partition coefficient (Wildman–Crippen LogP) is 3.83. The summed E-state index contributed by atoms with van der Waals surface area (Å²) in [5.41, 5.74) is 5.45. The average molecular weight is 402 g/mol. The van der Waals surface area contributed by atoms with E-state index < -0.39 is 11.7 Å². The van der Waals surface area contributed by atoms with Gasteiger partial charge in [-0.3, -0.25) is 4.79 Å². The summed E-state index contributed by atoms with van der Waals surface area (Å²) >= 11 is 0. The molecule has 0 atom stereocenters. The average Bonchev–Trinajstić information content (AvgIpc) is 2.69. The zero-order chi connectivity index (χ0) is 20.9. The van der Waals surface area contributed by atoms with Crippen molar-refractivity contribution in [3.05, 3.63) is 12.2 Å². The minimum Gasteiger partial charge on any atom is -0.394 e. The maximum absolute atomic E-state index is 11.8. The number of unbranched alkanes of at least 4 members (excludes halogenated alkanes) is 10. The first-order chi connectivity index (χ1) is 13.6. The van der Waals surface area contributed by atoms with Crippen LogP contribution in [0.25, 0.3) is 0 Å². The molecule has 0 aromatic carbocycles. The van der Waals surface area contributed by atoms with Gasteiger partial charge in [-0.1, -0.05) is 64.0 Å². The molecule has 1 amide bonds. The van der Waals surface area contributed by atoms with Crippen LogP contribution in [0.4, 0.5) is 0 Å². The molecule has 6 heteroatoms. The molecule has 166 valence electrons. The molecule has 6 nitrogen and oxygen atoms in total. The summed E-state index contributed by atoms with van der Waals surface area (Å²) < 4.78 is 10.8. The van der Waals surface area contributed by atoms with E-state index in [1.807, 2.05) is 0 Å². The van der Waals surface area contributed by atoms with Crippen LogP contribution in [0.15, 0.2) is 12.2 Å². The minimum atomic E-state index is -1.55. The SMILES string of the molecule is CCCCCCCC/C=C\CCCCCCC(OCCO)(OCCO)C(N)=O. The summed E-state index contributed by atoms with van der Waals surface area (Å²) in [6, 6.07) is 0. The number of aliphatic hydroxyl groups excluding tert-OH is 2. The fourth-order valence-corrected chi connectivity index (χ4v) is 3.12. The molecule has 0 radical (unpaired) electrons. The van der Waals surface area contributed by atoms with Crippen LogP contribution in [0.1, 0.15) is 90.4 Å². The van der Waals surface area contributed by atoms with Gasteiger partial charge in [0, 0.05) is 6.42 Å². The Morgan fingerprint density at radius 1 is 0.821 bits per heavy atom. The molecule has 0 aliphatic rings. The minimum absolute atomic E-state index is 0.0300. The van der Waals surface area contributed by atoms with E-state index in [4.69, 9.17) is 25.4 Å². The second-order valence-corrected chi connectivity index (χ2v) is 7.24. The highest BCUT2D eigenvalue weighted by Gasteiger charge is 2.38. The van der Waals surface area contributed by atoms with Crippen LogP contribution in [-0.4, -0.2) is 48.3 Å². The Morgan fingerprint density at radius 2 is 1.29 bits per heavy atom. The standard InChI is InChI=1S/C22H43NO5/c1-2-3-4-5-6-7-8-9-10-11-12-13-14-15-16-22(21(23)26,27-19-17-24)28-20-18-25/h9-10,24-25H,2-8,11-20H2,1H3,(H2,23,26)/b10-9-. The van der Waals surface area contributed by atoms with Crippen molar-refractivity contribution in [3.63, 3.8) is 0 Å². The molecular formula is C22H43NO5. The lowest BCUT2D eigenvalue weighted by Gasteiger charge is -2.30. The van der Waals surface area contributed by atoms with Crippen LogP contribution in [0.3, 0.4) is 0 Å². The molecule has 0 spiro atoms.